The molecule has 0 aliphatic carbocycles. The van der Waals surface area contributed by atoms with Gasteiger partial charge in [0.1, 0.15) is 0 Å². The Morgan fingerprint density at radius 2 is 2.21 bits per heavy atom. The molecule has 3 N–H and O–H groups in total. The van der Waals surface area contributed by atoms with E-state index in [1.165, 1.54) is 0 Å². The maximum atomic E-state index is 11.7. The molecule has 1 aromatic rings. The molecule has 5 nitrogen and oxygen atoms in total. The van der Waals surface area contributed by atoms with Crippen LogP contribution in [-0.2, 0) is 11.3 Å². The van der Waals surface area contributed by atoms with Crippen molar-refractivity contribution in [3.63, 3.8) is 0 Å². The summed E-state index contributed by atoms with van der Waals surface area (Å²) in [4.78, 5) is 15.9. The lowest BCUT2D eigenvalue weighted by atomic mass is 10.0. The quantitative estimate of drug-likeness (QED) is 0.819. The molecule has 19 heavy (non-hydrogen) atoms. The van der Waals surface area contributed by atoms with Crippen molar-refractivity contribution >= 4 is 5.91 Å². The lowest BCUT2D eigenvalue weighted by molar-refractivity contribution is -0.122. The fraction of sp³-hybridized carbons (Fsp3) is 0.571. The van der Waals surface area contributed by atoms with E-state index < -0.39 is 5.54 Å². The SMILES string of the molecule is CC(C)Oc1ncccc1CNC(=O)CC(C)(C)N. The number of amides is 1. The van der Waals surface area contributed by atoms with Gasteiger partial charge in [-0.25, -0.2) is 4.98 Å². The minimum absolute atomic E-state index is 0.0485. The minimum atomic E-state index is -0.504. The van der Waals surface area contributed by atoms with E-state index in [0.717, 1.165) is 5.56 Å². The van der Waals surface area contributed by atoms with E-state index in [2.05, 4.69) is 10.3 Å². The van der Waals surface area contributed by atoms with Crippen LogP contribution in [0.3, 0.4) is 0 Å². The first-order valence-corrected chi connectivity index (χ1v) is 6.44. The highest BCUT2D eigenvalue weighted by Crippen LogP contribution is 2.15. The molecule has 0 fully saturated rings. The Hall–Kier alpha value is -1.62. The predicted molar refractivity (Wildman–Crippen MR) is 74.7 cm³/mol. The van der Waals surface area contributed by atoms with E-state index >= 15 is 0 Å². The zero-order valence-electron chi connectivity index (χ0n) is 12.1. The number of aromatic nitrogens is 1. The fourth-order valence-corrected chi connectivity index (χ4v) is 1.56. The van der Waals surface area contributed by atoms with E-state index in [4.69, 9.17) is 10.5 Å². The zero-order valence-corrected chi connectivity index (χ0v) is 12.1. The highest BCUT2D eigenvalue weighted by Gasteiger charge is 2.16. The van der Waals surface area contributed by atoms with E-state index in [0.29, 0.717) is 12.4 Å². The average Bonchev–Trinajstić information content (AvgIpc) is 2.24. The van der Waals surface area contributed by atoms with Gasteiger partial charge < -0.3 is 15.8 Å². The number of nitrogens with one attached hydrogen (secondary N) is 1. The second-order valence-electron chi connectivity index (χ2n) is 5.58. The molecule has 5 heteroatoms. The van der Waals surface area contributed by atoms with Gasteiger partial charge in [-0.15, -0.1) is 0 Å². The van der Waals surface area contributed by atoms with Crippen molar-refractivity contribution in [2.75, 3.05) is 0 Å². The lowest BCUT2D eigenvalue weighted by Gasteiger charge is -2.18. The number of pyridine rings is 1. The molecular weight excluding hydrogens is 242 g/mol. The number of carbonyl (C=O) groups is 1. The second kappa shape index (κ2) is 6.52. The van der Waals surface area contributed by atoms with Crippen molar-refractivity contribution in [3.05, 3.63) is 23.9 Å². The van der Waals surface area contributed by atoms with Gasteiger partial charge in [-0.1, -0.05) is 6.07 Å². The second-order valence-corrected chi connectivity index (χ2v) is 5.58. The van der Waals surface area contributed by atoms with E-state index in [-0.39, 0.29) is 18.4 Å². The average molecular weight is 265 g/mol. The zero-order chi connectivity index (χ0) is 14.5. The van der Waals surface area contributed by atoms with Crippen LogP contribution in [-0.4, -0.2) is 22.5 Å². The number of hydrogen-bond donors (Lipinski definition) is 2. The predicted octanol–water partition coefficient (Wildman–Crippen LogP) is 1.61. The molecule has 1 rings (SSSR count). The monoisotopic (exact) mass is 265 g/mol. The molecule has 0 unspecified atom stereocenters. The molecule has 1 heterocycles. The summed E-state index contributed by atoms with van der Waals surface area (Å²) in [6.45, 7) is 7.92. The Morgan fingerprint density at radius 3 is 2.79 bits per heavy atom. The smallest absolute Gasteiger partial charge is 0.222 e. The number of carbonyl (C=O) groups excluding carboxylic acids is 1. The first-order chi connectivity index (χ1) is 8.78. The highest BCUT2D eigenvalue weighted by atomic mass is 16.5. The third-order valence-electron chi connectivity index (χ3n) is 2.29. The van der Waals surface area contributed by atoms with Gasteiger partial charge in [0.2, 0.25) is 11.8 Å². The van der Waals surface area contributed by atoms with Gasteiger partial charge in [0, 0.05) is 30.3 Å². The largest absolute Gasteiger partial charge is 0.475 e. The summed E-state index contributed by atoms with van der Waals surface area (Å²) < 4.78 is 5.59. The molecule has 0 atom stereocenters. The molecule has 0 radical (unpaired) electrons. The molecule has 0 saturated carbocycles. The Balaban J connectivity index is 2.60. The van der Waals surface area contributed by atoms with Crippen LogP contribution in [0.15, 0.2) is 18.3 Å². The first kappa shape index (κ1) is 15.4. The molecule has 0 spiro atoms. The number of hydrogen-bond acceptors (Lipinski definition) is 4. The summed E-state index contributed by atoms with van der Waals surface area (Å²) in [6, 6.07) is 3.71. The first-order valence-electron chi connectivity index (χ1n) is 6.44. The number of ether oxygens (including phenoxy) is 1. The summed E-state index contributed by atoms with van der Waals surface area (Å²) in [6.07, 6.45) is 2.01. The summed E-state index contributed by atoms with van der Waals surface area (Å²) in [5, 5.41) is 2.83. The summed E-state index contributed by atoms with van der Waals surface area (Å²) in [5.41, 5.74) is 6.16. The number of nitrogens with two attached hydrogens (primary N) is 1. The van der Waals surface area contributed by atoms with Gasteiger partial charge in [-0.05, 0) is 33.8 Å². The Morgan fingerprint density at radius 1 is 1.53 bits per heavy atom. The van der Waals surface area contributed by atoms with Crippen molar-refractivity contribution < 1.29 is 9.53 Å². The fourth-order valence-electron chi connectivity index (χ4n) is 1.56. The van der Waals surface area contributed by atoms with Crippen LogP contribution >= 0.6 is 0 Å². The van der Waals surface area contributed by atoms with Crippen LogP contribution in [0.2, 0.25) is 0 Å². The standard InChI is InChI=1S/C14H23N3O2/c1-10(2)19-13-11(6-5-7-16-13)9-17-12(18)8-14(3,4)15/h5-7,10H,8-9,15H2,1-4H3,(H,17,18). The van der Waals surface area contributed by atoms with Crippen LogP contribution in [0, 0.1) is 0 Å². The number of nitrogens with zero attached hydrogens (tertiary/aromatic N) is 1. The molecule has 0 aliphatic heterocycles. The molecule has 0 saturated heterocycles. The van der Waals surface area contributed by atoms with Gasteiger partial charge >= 0.3 is 0 Å². The van der Waals surface area contributed by atoms with Gasteiger partial charge in [-0.2, -0.15) is 0 Å². The van der Waals surface area contributed by atoms with Crippen LogP contribution in [0.1, 0.15) is 39.7 Å². The van der Waals surface area contributed by atoms with E-state index in [9.17, 15) is 4.79 Å². The van der Waals surface area contributed by atoms with Crippen LogP contribution in [0.25, 0.3) is 0 Å². The topological polar surface area (TPSA) is 77.2 Å². The maximum absolute atomic E-state index is 11.7. The molecule has 106 valence electrons. The van der Waals surface area contributed by atoms with E-state index in [1.54, 1.807) is 6.20 Å². The molecule has 0 bridgehead atoms. The van der Waals surface area contributed by atoms with Gasteiger partial charge in [0.15, 0.2) is 0 Å². The summed E-state index contributed by atoms with van der Waals surface area (Å²) in [5.74, 6) is 0.483. The Kier molecular flexibility index (Phi) is 5.30. The third kappa shape index (κ3) is 6.20. The molecule has 1 amide bonds. The van der Waals surface area contributed by atoms with Crippen molar-refractivity contribution in [2.24, 2.45) is 5.73 Å². The third-order valence-corrected chi connectivity index (χ3v) is 2.29. The molecular formula is C14H23N3O2. The van der Waals surface area contributed by atoms with Crippen molar-refractivity contribution in [2.45, 2.75) is 52.3 Å². The van der Waals surface area contributed by atoms with Crippen molar-refractivity contribution in [1.29, 1.82) is 0 Å². The summed E-state index contributed by atoms with van der Waals surface area (Å²) in [7, 11) is 0. The van der Waals surface area contributed by atoms with Crippen molar-refractivity contribution in [1.82, 2.24) is 10.3 Å². The Labute approximate surface area is 114 Å². The minimum Gasteiger partial charge on any atom is -0.475 e. The lowest BCUT2D eigenvalue weighted by Crippen LogP contribution is -2.38. The maximum Gasteiger partial charge on any atom is 0.222 e. The number of rotatable bonds is 6. The van der Waals surface area contributed by atoms with Crippen LogP contribution in [0.5, 0.6) is 5.88 Å². The van der Waals surface area contributed by atoms with Gasteiger partial charge in [-0.3, -0.25) is 4.79 Å². The van der Waals surface area contributed by atoms with Gasteiger partial charge in [0.25, 0.3) is 0 Å². The van der Waals surface area contributed by atoms with Crippen LogP contribution < -0.4 is 15.8 Å². The summed E-state index contributed by atoms with van der Waals surface area (Å²) >= 11 is 0. The molecule has 0 aromatic carbocycles. The molecule has 0 aliphatic rings. The van der Waals surface area contributed by atoms with Gasteiger partial charge in [0.05, 0.1) is 6.10 Å². The Bertz CT molecular complexity index is 425. The van der Waals surface area contributed by atoms with E-state index in [1.807, 2.05) is 39.8 Å². The highest BCUT2D eigenvalue weighted by molar-refractivity contribution is 5.77. The normalized spacial score (nSPS) is 11.5. The van der Waals surface area contributed by atoms with Crippen LogP contribution in [0.4, 0.5) is 0 Å². The molecule has 1 aromatic heterocycles. The van der Waals surface area contributed by atoms with Crippen molar-refractivity contribution in [3.8, 4) is 5.88 Å².